The molecule has 2 amide bonds. The third-order valence-electron chi connectivity index (χ3n) is 3.65. The summed E-state index contributed by atoms with van der Waals surface area (Å²) in [6.07, 6.45) is 0. The smallest absolute Gasteiger partial charge is 0.281 e. The number of nitrogens with one attached hydrogen (secondary N) is 2. The molecule has 2 N–H and O–H groups in total. The van der Waals surface area contributed by atoms with Crippen LogP contribution in [0.4, 0.5) is 0 Å². The predicted molar refractivity (Wildman–Crippen MR) is 99.5 cm³/mol. The number of carbonyl (C=O) groups is 2. The average Bonchev–Trinajstić information content (AvgIpc) is 2.96. The molecule has 0 bridgehead atoms. The molecular weight excluding hydrogens is 360 g/mol. The number of hydrogen-bond acceptors (Lipinski definition) is 4. The van der Waals surface area contributed by atoms with Crippen molar-refractivity contribution in [3.05, 3.63) is 63.5 Å². The molecule has 0 fully saturated rings. The van der Waals surface area contributed by atoms with E-state index in [2.05, 4.69) is 10.9 Å². The number of fused-ring (bicyclic) bond motifs is 1. The van der Waals surface area contributed by atoms with E-state index in [0.717, 1.165) is 15.6 Å². The Kier molecular flexibility index (Phi) is 4.92. The molecule has 0 aliphatic carbocycles. The monoisotopic (exact) mass is 374 g/mol. The third-order valence-corrected chi connectivity index (χ3v) is 5.30. The van der Waals surface area contributed by atoms with Crippen LogP contribution in [0.2, 0.25) is 5.02 Å². The zero-order valence-corrected chi connectivity index (χ0v) is 15.1. The van der Waals surface area contributed by atoms with Gasteiger partial charge in [-0.25, -0.2) is 0 Å². The van der Waals surface area contributed by atoms with Gasteiger partial charge in [0.1, 0.15) is 10.6 Å². The minimum absolute atomic E-state index is 0.328. The molecule has 0 aliphatic heterocycles. The molecule has 0 saturated heterocycles. The number of halogens is 1. The number of aryl methyl sites for hydroxylation is 1. The van der Waals surface area contributed by atoms with Gasteiger partial charge in [0.05, 0.1) is 12.1 Å². The van der Waals surface area contributed by atoms with Crippen molar-refractivity contribution in [1.82, 2.24) is 10.9 Å². The van der Waals surface area contributed by atoms with E-state index < -0.39 is 11.8 Å². The van der Waals surface area contributed by atoms with Gasteiger partial charge in [-0.1, -0.05) is 29.3 Å². The van der Waals surface area contributed by atoms with Crippen molar-refractivity contribution in [2.75, 3.05) is 7.11 Å². The van der Waals surface area contributed by atoms with Crippen LogP contribution in [0.15, 0.2) is 42.5 Å². The van der Waals surface area contributed by atoms with Crippen LogP contribution in [0.1, 0.15) is 25.6 Å². The molecule has 128 valence electrons. The second-order valence-corrected chi connectivity index (χ2v) is 6.81. The van der Waals surface area contributed by atoms with Crippen LogP contribution in [-0.4, -0.2) is 18.9 Å². The Bertz CT molecular complexity index is 951. The second kappa shape index (κ2) is 7.13. The van der Waals surface area contributed by atoms with Crippen molar-refractivity contribution >= 4 is 44.8 Å². The Labute approximate surface area is 153 Å². The zero-order valence-electron chi connectivity index (χ0n) is 13.6. The van der Waals surface area contributed by atoms with Crippen molar-refractivity contribution in [2.45, 2.75) is 6.92 Å². The number of hydrazine groups is 1. The van der Waals surface area contributed by atoms with Crippen LogP contribution in [-0.2, 0) is 0 Å². The number of amides is 2. The molecule has 0 atom stereocenters. The van der Waals surface area contributed by atoms with E-state index in [0.29, 0.717) is 21.2 Å². The largest absolute Gasteiger partial charge is 0.497 e. The van der Waals surface area contributed by atoms with E-state index in [4.69, 9.17) is 16.3 Å². The molecule has 25 heavy (non-hydrogen) atoms. The zero-order chi connectivity index (χ0) is 18.0. The van der Waals surface area contributed by atoms with E-state index in [1.165, 1.54) is 11.3 Å². The van der Waals surface area contributed by atoms with Gasteiger partial charge >= 0.3 is 0 Å². The summed E-state index contributed by atoms with van der Waals surface area (Å²) in [7, 11) is 1.57. The SMILES string of the molecule is COc1ccc2c(Cl)c(C(=O)NNC(=O)c3ccc(C)cc3)sc2c1. The Morgan fingerprint density at radius 3 is 2.40 bits per heavy atom. The maximum absolute atomic E-state index is 12.3. The lowest BCUT2D eigenvalue weighted by Crippen LogP contribution is -2.41. The number of rotatable bonds is 3. The number of methoxy groups -OCH3 is 1. The van der Waals surface area contributed by atoms with Crippen molar-refractivity contribution in [3.8, 4) is 5.75 Å². The maximum atomic E-state index is 12.3. The highest BCUT2D eigenvalue weighted by Gasteiger charge is 2.18. The number of ether oxygens (including phenoxy) is 1. The molecule has 0 aliphatic rings. The number of hydrogen-bond donors (Lipinski definition) is 2. The summed E-state index contributed by atoms with van der Waals surface area (Å²) in [5.41, 5.74) is 6.30. The fourth-order valence-electron chi connectivity index (χ4n) is 2.27. The van der Waals surface area contributed by atoms with Gasteiger partial charge < -0.3 is 4.74 Å². The topological polar surface area (TPSA) is 67.4 Å². The van der Waals surface area contributed by atoms with Crippen LogP contribution in [0, 0.1) is 6.92 Å². The Hall–Kier alpha value is -2.57. The summed E-state index contributed by atoms with van der Waals surface area (Å²) >= 11 is 7.53. The van der Waals surface area contributed by atoms with Crippen LogP contribution in [0.5, 0.6) is 5.75 Å². The van der Waals surface area contributed by atoms with E-state index in [9.17, 15) is 9.59 Å². The van der Waals surface area contributed by atoms with Crippen LogP contribution in [0.3, 0.4) is 0 Å². The first-order valence-corrected chi connectivity index (χ1v) is 8.62. The van der Waals surface area contributed by atoms with Crippen LogP contribution < -0.4 is 15.6 Å². The van der Waals surface area contributed by atoms with E-state index >= 15 is 0 Å². The molecule has 0 radical (unpaired) electrons. The van der Waals surface area contributed by atoms with Gasteiger partial charge in [-0.05, 0) is 37.3 Å². The van der Waals surface area contributed by atoms with E-state index in [1.807, 2.05) is 25.1 Å². The lowest BCUT2D eigenvalue weighted by atomic mass is 10.1. The second-order valence-electron chi connectivity index (χ2n) is 5.38. The minimum Gasteiger partial charge on any atom is -0.497 e. The molecule has 1 heterocycles. The number of carbonyl (C=O) groups excluding carboxylic acids is 2. The van der Waals surface area contributed by atoms with Crippen LogP contribution >= 0.6 is 22.9 Å². The highest BCUT2D eigenvalue weighted by molar-refractivity contribution is 7.21. The maximum Gasteiger partial charge on any atom is 0.281 e. The summed E-state index contributed by atoms with van der Waals surface area (Å²) in [5, 5.41) is 1.12. The Morgan fingerprint density at radius 2 is 1.72 bits per heavy atom. The molecule has 3 rings (SSSR count). The molecule has 0 unspecified atom stereocenters. The van der Waals surface area contributed by atoms with Gasteiger partial charge in [0.2, 0.25) is 0 Å². The number of benzene rings is 2. The quantitative estimate of drug-likeness (QED) is 0.682. The number of thiophene rings is 1. The summed E-state index contributed by atoms with van der Waals surface area (Å²) in [6.45, 7) is 1.93. The highest BCUT2D eigenvalue weighted by atomic mass is 35.5. The Morgan fingerprint density at radius 1 is 1.04 bits per heavy atom. The first-order valence-electron chi connectivity index (χ1n) is 7.43. The van der Waals surface area contributed by atoms with Gasteiger partial charge in [-0.2, -0.15) is 0 Å². The minimum atomic E-state index is -0.467. The normalized spacial score (nSPS) is 10.5. The molecule has 0 saturated carbocycles. The summed E-state index contributed by atoms with van der Waals surface area (Å²) in [6, 6.07) is 12.4. The molecule has 3 aromatic rings. The molecule has 1 aromatic heterocycles. The first kappa shape index (κ1) is 17.3. The standard InChI is InChI=1S/C18H15ClN2O3S/c1-10-3-5-11(6-4-10)17(22)20-21-18(23)16-15(19)13-8-7-12(24-2)9-14(13)25-16/h3-9H,1-2H3,(H,20,22)(H,21,23). The lowest BCUT2D eigenvalue weighted by Gasteiger charge is -2.06. The van der Waals surface area contributed by atoms with Crippen molar-refractivity contribution in [1.29, 1.82) is 0 Å². The van der Waals surface area contributed by atoms with Gasteiger partial charge in [-0.15, -0.1) is 11.3 Å². The van der Waals surface area contributed by atoms with Gasteiger partial charge in [0, 0.05) is 15.6 Å². The first-order chi connectivity index (χ1) is 12.0. The summed E-state index contributed by atoms with van der Waals surface area (Å²) in [5.74, 6) is -0.178. The average molecular weight is 375 g/mol. The summed E-state index contributed by atoms with van der Waals surface area (Å²) < 4.78 is 6.01. The molecule has 5 nitrogen and oxygen atoms in total. The third kappa shape index (κ3) is 3.60. The molecular formula is C18H15ClN2O3S. The van der Waals surface area contributed by atoms with Crippen molar-refractivity contribution in [2.24, 2.45) is 0 Å². The summed E-state index contributed by atoms with van der Waals surface area (Å²) in [4.78, 5) is 24.7. The molecule has 2 aromatic carbocycles. The van der Waals surface area contributed by atoms with Crippen molar-refractivity contribution < 1.29 is 14.3 Å². The highest BCUT2D eigenvalue weighted by Crippen LogP contribution is 2.37. The van der Waals surface area contributed by atoms with E-state index in [1.54, 1.807) is 31.4 Å². The lowest BCUT2D eigenvalue weighted by molar-refractivity contribution is 0.0849. The predicted octanol–water partition coefficient (Wildman–Crippen LogP) is 3.95. The Balaban J connectivity index is 1.74. The van der Waals surface area contributed by atoms with Crippen molar-refractivity contribution in [3.63, 3.8) is 0 Å². The van der Waals surface area contributed by atoms with E-state index in [-0.39, 0.29) is 0 Å². The molecule has 7 heteroatoms. The molecule has 0 spiro atoms. The van der Waals surface area contributed by atoms with Gasteiger partial charge in [0.25, 0.3) is 11.8 Å². The van der Waals surface area contributed by atoms with Crippen LogP contribution in [0.25, 0.3) is 10.1 Å². The van der Waals surface area contributed by atoms with Gasteiger partial charge in [0.15, 0.2) is 0 Å². The van der Waals surface area contributed by atoms with Gasteiger partial charge in [-0.3, -0.25) is 20.4 Å². The fraction of sp³-hybridized carbons (Fsp3) is 0.111. The fourth-order valence-corrected chi connectivity index (χ4v) is 3.71.